The van der Waals surface area contributed by atoms with Crippen LogP contribution >= 0.6 is 0 Å². The molecule has 0 saturated carbocycles. The summed E-state index contributed by atoms with van der Waals surface area (Å²) in [4.78, 5) is 27.3. The van der Waals surface area contributed by atoms with E-state index >= 15 is 0 Å². The summed E-state index contributed by atoms with van der Waals surface area (Å²) >= 11 is 0. The minimum atomic E-state index is -1.24. The number of carboxylic acids is 2. The molecule has 2 aromatic rings. The van der Waals surface area contributed by atoms with Crippen molar-refractivity contribution in [3.63, 3.8) is 0 Å². The van der Waals surface area contributed by atoms with Crippen LogP contribution in [0.3, 0.4) is 0 Å². The van der Waals surface area contributed by atoms with Gasteiger partial charge in [0, 0.05) is 12.4 Å². The van der Waals surface area contributed by atoms with Crippen molar-refractivity contribution in [2.45, 2.75) is 0 Å². The number of hydrogen-bond donors (Lipinski definition) is 1. The third-order valence-corrected chi connectivity index (χ3v) is 1.76. The van der Waals surface area contributed by atoms with Crippen LogP contribution in [-0.4, -0.2) is 27.0 Å². The Balaban J connectivity index is 0.000000324. The van der Waals surface area contributed by atoms with Crippen molar-refractivity contribution in [1.82, 2.24) is 9.97 Å². The number of aromatic carboxylic acids is 2. The van der Waals surface area contributed by atoms with Gasteiger partial charge in [-0.05, 0) is 24.3 Å². The van der Waals surface area contributed by atoms with Crippen LogP contribution in [0.2, 0.25) is 0 Å². The van der Waals surface area contributed by atoms with Gasteiger partial charge in [-0.15, -0.1) is 0 Å². The molecule has 2 heterocycles. The van der Waals surface area contributed by atoms with Crippen LogP contribution < -0.4 is 5.11 Å². The van der Waals surface area contributed by atoms with Crippen LogP contribution in [0.1, 0.15) is 21.0 Å². The van der Waals surface area contributed by atoms with Crippen molar-refractivity contribution in [1.29, 1.82) is 0 Å². The van der Waals surface area contributed by atoms with Crippen LogP contribution in [0, 0.1) is 0 Å². The van der Waals surface area contributed by atoms with Gasteiger partial charge in [-0.3, -0.25) is 4.98 Å². The number of carbonyl (C=O) groups is 2. The quantitative estimate of drug-likeness (QED) is 0.775. The number of rotatable bonds is 2. The molecule has 19 heavy (non-hydrogen) atoms. The Morgan fingerprint density at radius 3 is 1.63 bits per heavy atom. The van der Waals surface area contributed by atoms with Gasteiger partial charge in [-0.25, -0.2) is 9.78 Å². The van der Waals surface area contributed by atoms with Gasteiger partial charge < -0.3 is 15.0 Å². The van der Waals surface area contributed by atoms with Gasteiger partial charge in [0.25, 0.3) is 0 Å². The molecule has 0 aliphatic heterocycles. The maximum atomic E-state index is 10.1. The van der Waals surface area contributed by atoms with E-state index in [1.165, 1.54) is 24.5 Å². The van der Waals surface area contributed by atoms with Crippen molar-refractivity contribution in [2.24, 2.45) is 0 Å². The molecule has 0 spiro atoms. The van der Waals surface area contributed by atoms with E-state index in [9.17, 15) is 14.7 Å². The largest absolute Gasteiger partial charge is 1.00 e. The normalized spacial score (nSPS) is 8.42. The zero-order valence-electron chi connectivity index (χ0n) is 9.49. The van der Waals surface area contributed by atoms with E-state index in [-0.39, 0.29) is 33.8 Å². The maximum Gasteiger partial charge on any atom is 1.00 e. The van der Waals surface area contributed by atoms with E-state index in [4.69, 9.17) is 5.11 Å². The van der Waals surface area contributed by atoms with Gasteiger partial charge in [-0.1, -0.05) is 12.1 Å². The predicted octanol–water partition coefficient (Wildman–Crippen LogP) is 0.222. The first-order chi connectivity index (χ1) is 8.61. The van der Waals surface area contributed by atoms with Crippen LogP contribution in [0.4, 0.5) is 0 Å². The molecule has 0 bridgehead atoms. The van der Waals surface area contributed by atoms with Crippen molar-refractivity contribution < 1.29 is 42.2 Å². The van der Waals surface area contributed by atoms with Crippen LogP contribution in [-0.2, 0) is 22.4 Å². The molecule has 102 valence electrons. The number of nitrogens with zero attached hydrogens (tertiary/aromatic N) is 2. The summed E-state index contributed by atoms with van der Waals surface area (Å²) in [6, 6.07) is 9.38. The van der Waals surface area contributed by atoms with Gasteiger partial charge in [0.2, 0.25) is 0 Å². The Morgan fingerprint density at radius 2 is 1.42 bits per heavy atom. The molecule has 0 aromatic carbocycles. The first kappa shape index (κ1) is 17.0. The monoisotopic (exact) mass is 352 g/mol. The zero-order valence-corrected chi connectivity index (χ0v) is 11.0. The summed E-state index contributed by atoms with van der Waals surface area (Å²) in [5.74, 6) is -2.23. The van der Waals surface area contributed by atoms with E-state index in [1.807, 2.05) is 0 Å². The molecule has 2 aromatic heterocycles. The number of carboxylic acid groups (broad SMARTS) is 2. The Bertz CT molecular complexity index is 470. The fourth-order valence-electron chi connectivity index (χ4n) is 0.973. The first-order valence-corrected chi connectivity index (χ1v) is 4.88. The molecule has 1 N–H and O–H groups in total. The second-order valence-corrected chi connectivity index (χ2v) is 3.02. The van der Waals surface area contributed by atoms with E-state index in [2.05, 4.69) is 9.97 Å². The topological polar surface area (TPSA) is 103 Å². The van der Waals surface area contributed by atoms with Crippen molar-refractivity contribution in [2.75, 3.05) is 0 Å². The Kier molecular flexibility index (Phi) is 8.03. The standard InChI is InChI=1S/2C6H5NO2.Ag/c2*8-6(9)5-3-1-2-4-7-5;/h2*1-4H,(H,8,9);/q;;+1/p-1. The van der Waals surface area contributed by atoms with E-state index in [0.717, 1.165) is 0 Å². The number of pyridine rings is 2. The molecule has 2 rings (SSSR count). The third kappa shape index (κ3) is 6.46. The first-order valence-electron chi connectivity index (χ1n) is 4.88. The minimum absolute atomic E-state index is 0. The third-order valence-electron chi connectivity index (χ3n) is 1.76. The van der Waals surface area contributed by atoms with Gasteiger partial charge in [0.15, 0.2) is 0 Å². The molecular weight excluding hydrogens is 344 g/mol. The van der Waals surface area contributed by atoms with Crippen LogP contribution in [0.15, 0.2) is 48.8 Å². The van der Waals surface area contributed by atoms with Crippen LogP contribution in [0.25, 0.3) is 0 Å². The molecule has 0 saturated heterocycles. The minimum Gasteiger partial charge on any atom is -0.543 e. The molecular formula is C12H9AgN2O4. The molecule has 7 heteroatoms. The van der Waals surface area contributed by atoms with E-state index in [0.29, 0.717) is 0 Å². The smallest absolute Gasteiger partial charge is 0.543 e. The summed E-state index contributed by atoms with van der Waals surface area (Å²) in [6.45, 7) is 0. The van der Waals surface area contributed by atoms with E-state index < -0.39 is 11.9 Å². The number of aromatic nitrogens is 2. The van der Waals surface area contributed by atoms with Crippen molar-refractivity contribution in [3.8, 4) is 0 Å². The number of carbonyl (C=O) groups excluding carboxylic acids is 1. The molecule has 0 fully saturated rings. The van der Waals surface area contributed by atoms with Crippen molar-refractivity contribution >= 4 is 11.9 Å². The summed E-state index contributed by atoms with van der Waals surface area (Å²) < 4.78 is 0. The Labute approximate surface area is 124 Å². The average Bonchev–Trinajstić information content (AvgIpc) is 2.41. The zero-order chi connectivity index (χ0) is 13.4. The molecule has 0 radical (unpaired) electrons. The molecule has 0 atom stereocenters. The second-order valence-electron chi connectivity index (χ2n) is 3.02. The van der Waals surface area contributed by atoms with Gasteiger partial charge in [0.1, 0.15) is 5.69 Å². The van der Waals surface area contributed by atoms with Crippen molar-refractivity contribution in [3.05, 3.63) is 60.2 Å². The fourth-order valence-corrected chi connectivity index (χ4v) is 0.973. The molecule has 0 aliphatic rings. The Hall–Kier alpha value is -2.02. The van der Waals surface area contributed by atoms with Gasteiger partial charge in [0.05, 0.1) is 11.7 Å². The molecule has 0 amide bonds. The summed E-state index contributed by atoms with van der Waals surface area (Å²) in [6.07, 6.45) is 2.86. The summed E-state index contributed by atoms with van der Waals surface area (Å²) in [5, 5.41) is 18.3. The number of hydrogen-bond acceptors (Lipinski definition) is 5. The van der Waals surface area contributed by atoms with Crippen LogP contribution in [0.5, 0.6) is 0 Å². The summed E-state index contributed by atoms with van der Waals surface area (Å²) in [5.41, 5.74) is 0.0509. The molecule has 6 nitrogen and oxygen atoms in total. The van der Waals surface area contributed by atoms with Gasteiger partial charge >= 0.3 is 28.3 Å². The predicted molar refractivity (Wildman–Crippen MR) is 59.8 cm³/mol. The van der Waals surface area contributed by atoms with Gasteiger partial charge in [-0.2, -0.15) is 0 Å². The second kappa shape index (κ2) is 8.98. The molecule has 0 aliphatic carbocycles. The molecule has 0 unspecified atom stereocenters. The SMILES string of the molecule is O=C(O)c1ccccn1.O=C([O-])c1ccccn1.[Ag+]. The summed E-state index contributed by atoms with van der Waals surface area (Å²) in [7, 11) is 0. The Morgan fingerprint density at radius 1 is 0.947 bits per heavy atom. The maximum absolute atomic E-state index is 10.1. The fraction of sp³-hybridized carbons (Fsp3) is 0. The average molecular weight is 353 g/mol. The van der Waals surface area contributed by atoms with E-state index in [1.54, 1.807) is 24.3 Å².